The van der Waals surface area contributed by atoms with E-state index < -0.39 is 0 Å². The molecular weight excluding hydrogens is 264 g/mol. The zero-order valence-corrected chi connectivity index (χ0v) is 12.9. The fourth-order valence-electron chi connectivity index (χ4n) is 2.30. The number of hydrogen-bond donors (Lipinski definition) is 1. The Morgan fingerprint density at radius 2 is 1.90 bits per heavy atom. The molecule has 2 aromatic rings. The first-order valence-corrected chi connectivity index (χ1v) is 7.51. The van der Waals surface area contributed by atoms with Gasteiger partial charge in [0.25, 0.3) is 0 Å². The summed E-state index contributed by atoms with van der Waals surface area (Å²) in [6.45, 7) is 8.82. The summed E-state index contributed by atoms with van der Waals surface area (Å²) in [5, 5.41) is 5.67. The van der Waals surface area contributed by atoms with E-state index in [9.17, 15) is 0 Å². The van der Waals surface area contributed by atoms with Gasteiger partial charge < -0.3 is 14.8 Å². The molecule has 0 unspecified atom stereocenters. The maximum atomic E-state index is 5.67. The Kier molecular flexibility index (Phi) is 3.62. The minimum absolute atomic E-state index is 0.248. The van der Waals surface area contributed by atoms with Crippen LogP contribution < -0.4 is 14.8 Å². The van der Waals surface area contributed by atoms with E-state index in [1.54, 1.807) is 0 Å². The highest BCUT2D eigenvalue weighted by Gasteiger charge is 2.17. The largest absolute Gasteiger partial charge is 0.486 e. The summed E-state index contributed by atoms with van der Waals surface area (Å²) in [7, 11) is 0. The van der Waals surface area contributed by atoms with Crippen LogP contribution in [0.1, 0.15) is 27.2 Å². The third kappa shape index (κ3) is 2.89. The zero-order chi connectivity index (χ0) is 14.9. The molecule has 0 saturated heterocycles. The lowest BCUT2D eigenvalue weighted by atomic mass is 9.90. The maximum Gasteiger partial charge on any atom is 0.162 e. The SMILES string of the molecule is CCC(C)(C)CNc1nccc2cc3c(cc12)OCCO3. The molecule has 0 aliphatic carbocycles. The summed E-state index contributed by atoms with van der Waals surface area (Å²) in [6, 6.07) is 6.06. The molecule has 0 spiro atoms. The highest BCUT2D eigenvalue weighted by atomic mass is 16.6. The van der Waals surface area contributed by atoms with Gasteiger partial charge in [-0.1, -0.05) is 20.8 Å². The summed E-state index contributed by atoms with van der Waals surface area (Å²) in [5.74, 6) is 2.53. The molecule has 0 fully saturated rings. The molecule has 0 saturated carbocycles. The van der Waals surface area contributed by atoms with Gasteiger partial charge >= 0.3 is 0 Å². The third-order valence-electron chi connectivity index (χ3n) is 4.12. The van der Waals surface area contributed by atoms with E-state index in [0.29, 0.717) is 13.2 Å². The molecule has 0 radical (unpaired) electrons. The molecule has 3 rings (SSSR count). The number of nitrogens with one attached hydrogen (secondary N) is 1. The van der Waals surface area contributed by atoms with Crippen LogP contribution in [0.4, 0.5) is 5.82 Å². The zero-order valence-electron chi connectivity index (χ0n) is 12.9. The lowest BCUT2D eigenvalue weighted by Gasteiger charge is -2.24. The molecule has 2 heterocycles. The number of hydrogen-bond acceptors (Lipinski definition) is 4. The molecule has 4 heteroatoms. The molecule has 1 N–H and O–H groups in total. The Hall–Kier alpha value is -1.97. The van der Waals surface area contributed by atoms with Crippen LogP contribution in [-0.4, -0.2) is 24.7 Å². The van der Waals surface area contributed by atoms with E-state index in [4.69, 9.17) is 9.47 Å². The average Bonchev–Trinajstić information content (AvgIpc) is 2.51. The highest BCUT2D eigenvalue weighted by molar-refractivity contribution is 5.94. The molecule has 1 aliphatic rings. The fourth-order valence-corrected chi connectivity index (χ4v) is 2.30. The van der Waals surface area contributed by atoms with E-state index in [1.807, 2.05) is 24.4 Å². The second-order valence-electron chi connectivity index (χ2n) is 6.25. The Morgan fingerprint density at radius 1 is 1.19 bits per heavy atom. The summed E-state index contributed by atoms with van der Waals surface area (Å²) in [4.78, 5) is 4.49. The molecule has 0 bridgehead atoms. The van der Waals surface area contributed by atoms with Crippen molar-refractivity contribution in [2.45, 2.75) is 27.2 Å². The Balaban J connectivity index is 1.95. The van der Waals surface area contributed by atoms with Gasteiger partial charge in [0.15, 0.2) is 11.5 Å². The number of nitrogens with zero attached hydrogens (tertiary/aromatic N) is 1. The van der Waals surface area contributed by atoms with E-state index in [0.717, 1.165) is 41.1 Å². The van der Waals surface area contributed by atoms with Gasteiger partial charge in [-0.3, -0.25) is 0 Å². The number of pyridine rings is 1. The number of fused-ring (bicyclic) bond motifs is 2. The normalized spacial score (nSPS) is 14.2. The van der Waals surface area contributed by atoms with Crippen LogP contribution in [0.15, 0.2) is 24.4 Å². The number of anilines is 1. The Morgan fingerprint density at radius 3 is 2.62 bits per heavy atom. The number of aromatic nitrogens is 1. The minimum Gasteiger partial charge on any atom is -0.486 e. The topological polar surface area (TPSA) is 43.4 Å². The van der Waals surface area contributed by atoms with Gasteiger partial charge in [-0.15, -0.1) is 0 Å². The lowest BCUT2D eigenvalue weighted by Crippen LogP contribution is -2.22. The summed E-state index contributed by atoms with van der Waals surface area (Å²) in [5.41, 5.74) is 0.248. The van der Waals surface area contributed by atoms with Crippen LogP contribution in [0.3, 0.4) is 0 Å². The van der Waals surface area contributed by atoms with Gasteiger partial charge in [-0.25, -0.2) is 4.98 Å². The van der Waals surface area contributed by atoms with Gasteiger partial charge in [0.1, 0.15) is 19.0 Å². The molecule has 1 aromatic heterocycles. The van der Waals surface area contributed by atoms with Crippen molar-refractivity contribution in [1.29, 1.82) is 0 Å². The Labute approximate surface area is 125 Å². The standard InChI is InChI=1S/C17H22N2O2/c1-4-17(2,3)11-19-16-13-10-15-14(20-7-8-21-15)9-12(13)5-6-18-16/h5-6,9-10H,4,7-8,11H2,1-3H3,(H,18,19). The lowest BCUT2D eigenvalue weighted by molar-refractivity contribution is 0.172. The molecule has 4 nitrogen and oxygen atoms in total. The van der Waals surface area contributed by atoms with Crippen LogP contribution >= 0.6 is 0 Å². The summed E-state index contributed by atoms with van der Waals surface area (Å²) in [6.07, 6.45) is 2.96. The van der Waals surface area contributed by atoms with Crippen molar-refractivity contribution in [1.82, 2.24) is 4.98 Å². The molecule has 21 heavy (non-hydrogen) atoms. The Bertz CT molecular complexity index is 653. The van der Waals surface area contributed by atoms with Gasteiger partial charge in [0.05, 0.1) is 0 Å². The number of rotatable bonds is 4. The molecular formula is C17H22N2O2. The summed E-state index contributed by atoms with van der Waals surface area (Å²) < 4.78 is 11.3. The van der Waals surface area contributed by atoms with Gasteiger partial charge in [-0.2, -0.15) is 0 Å². The first-order chi connectivity index (χ1) is 10.1. The monoisotopic (exact) mass is 286 g/mol. The van der Waals surface area contributed by atoms with Crippen LogP contribution in [0.5, 0.6) is 11.5 Å². The second-order valence-corrected chi connectivity index (χ2v) is 6.25. The van der Waals surface area contributed by atoms with Crippen LogP contribution in [0, 0.1) is 5.41 Å². The minimum atomic E-state index is 0.248. The number of benzene rings is 1. The summed E-state index contributed by atoms with van der Waals surface area (Å²) >= 11 is 0. The second kappa shape index (κ2) is 5.43. The smallest absolute Gasteiger partial charge is 0.162 e. The van der Waals surface area contributed by atoms with Crippen molar-refractivity contribution in [2.24, 2.45) is 5.41 Å². The van der Waals surface area contributed by atoms with Crippen molar-refractivity contribution >= 4 is 16.6 Å². The predicted octanol–water partition coefficient (Wildman–Crippen LogP) is 3.85. The third-order valence-corrected chi connectivity index (χ3v) is 4.12. The van der Waals surface area contributed by atoms with E-state index >= 15 is 0 Å². The first-order valence-electron chi connectivity index (χ1n) is 7.51. The van der Waals surface area contributed by atoms with Crippen molar-refractivity contribution in [3.05, 3.63) is 24.4 Å². The maximum absolute atomic E-state index is 5.67. The van der Waals surface area contributed by atoms with Gasteiger partial charge in [0, 0.05) is 18.1 Å². The van der Waals surface area contributed by atoms with Crippen molar-refractivity contribution in [3.63, 3.8) is 0 Å². The molecule has 0 atom stereocenters. The fraction of sp³-hybridized carbons (Fsp3) is 0.471. The molecule has 1 aliphatic heterocycles. The van der Waals surface area contributed by atoms with Gasteiger partial charge in [0.2, 0.25) is 0 Å². The van der Waals surface area contributed by atoms with E-state index in [1.165, 1.54) is 0 Å². The average molecular weight is 286 g/mol. The van der Waals surface area contributed by atoms with Crippen LogP contribution in [0.25, 0.3) is 10.8 Å². The van der Waals surface area contributed by atoms with E-state index in [2.05, 4.69) is 31.1 Å². The van der Waals surface area contributed by atoms with Crippen LogP contribution in [0.2, 0.25) is 0 Å². The van der Waals surface area contributed by atoms with Crippen molar-refractivity contribution < 1.29 is 9.47 Å². The van der Waals surface area contributed by atoms with E-state index in [-0.39, 0.29) is 5.41 Å². The molecule has 0 amide bonds. The van der Waals surface area contributed by atoms with Crippen LogP contribution in [-0.2, 0) is 0 Å². The highest BCUT2D eigenvalue weighted by Crippen LogP contribution is 2.36. The van der Waals surface area contributed by atoms with Crippen molar-refractivity contribution in [3.8, 4) is 11.5 Å². The molecule has 112 valence electrons. The molecule has 1 aromatic carbocycles. The van der Waals surface area contributed by atoms with Crippen molar-refractivity contribution in [2.75, 3.05) is 25.1 Å². The predicted molar refractivity (Wildman–Crippen MR) is 85.3 cm³/mol. The quantitative estimate of drug-likeness (QED) is 0.927. The first kappa shape index (κ1) is 14.0. The number of ether oxygens (including phenoxy) is 2. The van der Waals surface area contributed by atoms with Gasteiger partial charge in [-0.05, 0) is 35.4 Å².